The van der Waals surface area contributed by atoms with Crippen LogP contribution in [-0.4, -0.2) is 4.57 Å². The molecular weight excluding hydrogens is 941 g/mol. The molecule has 1 heterocycles. The fourth-order valence-corrected chi connectivity index (χ4v) is 14.3. The number of hydrogen-bond acceptors (Lipinski definition) is 1. The summed E-state index contributed by atoms with van der Waals surface area (Å²) >= 11 is 0. The first kappa shape index (κ1) is 44.5. The number of anilines is 3. The van der Waals surface area contributed by atoms with Gasteiger partial charge < -0.3 is 9.47 Å². The topological polar surface area (TPSA) is 8.17 Å². The first-order valence-corrected chi connectivity index (χ1v) is 27.3. The summed E-state index contributed by atoms with van der Waals surface area (Å²) in [7, 11) is 0. The van der Waals surface area contributed by atoms with Crippen molar-refractivity contribution in [3.63, 3.8) is 0 Å². The second kappa shape index (κ2) is 16.9. The smallest absolute Gasteiger partial charge is 0.0713 e. The number of hydrogen-bond donors (Lipinski definition) is 0. The summed E-state index contributed by atoms with van der Waals surface area (Å²) in [6, 6.07) is 105. The molecule has 0 unspecified atom stereocenters. The molecule has 0 N–H and O–H groups in total. The number of aromatic nitrogens is 1. The molecule has 0 atom stereocenters. The Balaban J connectivity index is 0.959. The SMILES string of the molecule is CC1(C)c2ccccc2-c2ccc(N(c3ccc4c5ccccc5n(-c5cc6ccccc6c6c(-c7cccc8c7-c7ccccc7C8(c7ccccc7)c7ccccc7)cccc56)c4c3)c3cccc4ccccc34)cc21. The number of nitrogens with zero attached hydrogens (tertiary/aromatic N) is 2. The molecule has 0 radical (unpaired) electrons. The highest BCUT2D eigenvalue weighted by molar-refractivity contribution is 6.20. The Kier molecular flexibility index (Phi) is 9.63. The van der Waals surface area contributed by atoms with E-state index >= 15 is 0 Å². The number of benzene rings is 13. The van der Waals surface area contributed by atoms with Gasteiger partial charge in [-0.1, -0.05) is 250 Å². The third-order valence-corrected chi connectivity index (χ3v) is 17.6. The van der Waals surface area contributed by atoms with Crippen molar-refractivity contribution >= 4 is 71.2 Å². The van der Waals surface area contributed by atoms with Crippen LogP contribution in [0.4, 0.5) is 17.1 Å². The first-order valence-electron chi connectivity index (χ1n) is 27.3. The van der Waals surface area contributed by atoms with Gasteiger partial charge in [-0.3, -0.25) is 0 Å². The Morgan fingerprint density at radius 1 is 0.321 bits per heavy atom. The van der Waals surface area contributed by atoms with Crippen LogP contribution in [0.1, 0.15) is 47.2 Å². The van der Waals surface area contributed by atoms with Crippen LogP contribution in [0, 0.1) is 0 Å². The standard InChI is InChI=1S/C76H52N2/c1-75(2)65-37-16-13-31-57(65)58-44-42-53(47-68(58)75)77(69-41-19-24-49-22-9-11-29-55(49)69)54-43-45-60-59-32-15-18-40-70(59)78(72(60)48-54)71-46-50-23-10-12-30-56(50)73-61(34-20-36-64(71)73)62-35-21-39-67-74(62)63-33-14-17-38-66(63)76(67,51-25-5-3-6-26-51)52-27-7-4-8-28-52/h3-48H,1-2H3. The van der Waals surface area contributed by atoms with E-state index in [-0.39, 0.29) is 5.41 Å². The van der Waals surface area contributed by atoms with Crippen molar-refractivity contribution in [1.82, 2.24) is 4.57 Å². The predicted octanol–water partition coefficient (Wildman–Crippen LogP) is 20.0. The van der Waals surface area contributed by atoms with E-state index < -0.39 is 5.41 Å². The largest absolute Gasteiger partial charge is 0.310 e. The molecule has 2 aliphatic rings. The first-order chi connectivity index (χ1) is 38.5. The van der Waals surface area contributed by atoms with E-state index in [0.717, 1.165) is 28.3 Å². The van der Waals surface area contributed by atoms with Crippen molar-refractivity contribution < 1.29 is 0 Å². The Morgan fingerprint density at radius 3 is 1.67 bits per heavy atom. The van der Waals surface area contributed by atoms with Gasteiger partial charge in [0.15, 0.2) is 0 Å². The Bertz CT molecular complexity index is 4730. The molecule has 78 heavy (non-hydrogen) atoms. The monoisotopic (exact) mass is 992 g/mol. The summed E-state index contributed by atoms with van der Waals surface area (Å²) in [6.45, 7) is 4.75. The van der Waals surface area contributed by atoms with Crippen LogP contribution < -0.4 is 4.90 Å². The van der Waals surface area contributed by atoms with Crippen LogP contribution in [0.5, 0.6) is 0 Å². The van der Waals surface area contributed by atoms with Gasteiger partial charge in [-0.2, -0.15) is 0 Å². The minimum absolute atomic E-state index is 0.158. The lowest BCUT2D eigenvalue weighted by Gasteiger charge is -2.34. The lowest BCUT2D eigenvalue weighted by Crippen LogP contribution is -2.28. The van der Waals surface area contributed by atoms with E-state index in [0.29, 0.717) is 0 Å². The summed E-state index contributed by atoms with van der Waals surface area (Å²) < 4.78 is 2.55. The fourth-order valence-electron chi connectivity index (χ4n) is 14.3. The van der Waals surface area contributed by atoms with E-state index in [1.807, 2.05) is 0 Å². The maximum Gasteiger partial charge on any atom is 0.0713 e. The van der Waals surface area contributed by atoms with Gasteiger partial charge in [0.1, 0.15) is 0 Å². The van der Waals surface area contributed by atoms with Gasteiger partial charge in [0.25, 0.3) is 0 Å². The third-order valence-electron chi connectivity index (χ3n) is 17.6. The molecule has 2 nitrogen and oxygen atoms in total. The fraction of sp³-hybridized carbons (Fsp3) is 0.0526. The summed E-state index contributed by atoms with van der Waals surface area (Å²) in [5.41, 5.74) is 21.7. The molecule has 0 saturated heterocycles. The molecule has 0 saturated carbocycles. The van der Waals surface area contributed by atoms with Crippen LogP contribution in [0.2, 0.25) is 0 Å². The van der Waals surface area contributed by atoms with Crippen molar-refractivity contribution in [3.8, 4) is 39.1 Å². The maximum atomic E-state index is 2.55. The lowest BCUT2D eigenvalue weighted by atomic mass is 9.67. The van der Waals surface area contributed by atoms with Crippen molar-refractivity contribution in [2.24, 2.45) is 0 Å². The van der Waals surface area contributed by atoms with Crippen molar-refractivity contribution in [2.45, 2.75) is 24.7 Å². The maximum absolute atomic E-state index is 2.55. The molecule has 14 aromatic rings. The molecule has 366 valence electrons. The van der Waals surface area contributed by atoms with Crippen LogP contribution >= 0.6 is 0 Å². The van der Waals surface area contributed by atoms with E-state index in [2.05, 4.69) is 302 Å². The Morgan fingerprint density at radius 2 is 0.859 bits per heavy atom. The minimum atomic E-state index is -0.510. The molecule has 13 aromatic carbocycles. The van der Waals surface area contributed by atoms with Crippen LogP contribution in [0.15, 0.2) is 279 Å². The summed E-state index contributed by atoms with van der Waals surface area (Å²) in [5.74, 6) is 0. The third kappa shape index (κ3) is 6.20. The number of rotatable bonds is 7. The molecule has 2 aliphatic carbocycles. The van der Waals surface area contributed by atoms with Crippen LogP contribution in [0.25, 0.3) is 93.2 Å². The molecule has 1 aromatic heterocycles. The molecular formula is C76H52N2. The highest BCUT2D eigenvalue weighted by Gasteiger charge is 2.47. The molecule has 16 rings (SSSR count). The predicted molar refractivity (Wildman–Crippen MR) is 328 cm³/mol. The zero-order valence-corrected chi connectivity index (χ0v) is 43.5. The van der Waals surface area contributed by atoms with Crippen LogP contribution in [0.3, 0.4) is 0 Å². The molecule has 0 fully saturated rings. The van der Waals surface area contributed by atoms with Gasteiger partial charge in [-0.25, -0.2) is 0 Å². The minimum Gasteiger partial charge on any atom is -0.310 e. The number of para-hydroxylation sites is 1. The van der Waals surface area contributed by atoms with Gasteiger partial charge in [-0.05, 0) is 131 Å². The van der Waals surface area contributed by atoms with Crippen molar-refractivity contribution in [2.75, 3.05) is 4.90 Å². The quantitative estimate of drug-likeness (QED) is 0.145. The van der Waals surface area contributed by atoms with E-state index in [1.54, 1.807) is 0 Å². The van der Waals surface area contributed by atoms with Gasteiger partial charge in [0, 0.05) is 38.3 Å². The normalized spacial score (nSPS) is 13.7. The average Bonchev–Trinajstić information content (AvgIpc) is 4.14. The molecule has 2 heteroatoms. The summed E-state index contributed by atoms with van der Waals surface area (Å²) in [6.07, 6.45) is 0. The molecule has 0 amide bonds. The zero-order chi connectivity index (χ0) is 51.7. The van der Waals surface area contributed by atoms with E-state index in [4.69, 9.17) is 0 Å². The van der Waals surface area contributed by atoms with Crippen LogP contribution in [-0.2, 0) is 10.8 Å². The van der Waals surface area contributed by atoms with Gasteiger partial charge in [0.2, 0.25) is 0 Å². The summed E-state index contributed by atoms with van der Waals surface area (Å²) in [4.78, 5) is 2.50. The molecule has 0 spiro atoms. The number of fused-ring (bicyclic) bond motifs is 13. The molecule has 0 bridgehead atoms. The zero-order valence-electron chi connectivity index (χ0n) is 43.5. The highest BCUT2D eigenvalue weighted by atomic mass is 15.1. The summed E-state index contributed by atoms with van der Waals surface area (Å²) in [5, 5.41) is 9.73. The average molecular weight is 993 g/mol. The second-order valence-corrected chi connectivity index (χ2v) is 21.9. The lowest BCUT2D eigenvalue weighted by molar-refractivity contribution is 0.660. The van der Waals surface area contributed by atoms with Gasteiger partial charge in [-0.15, -0.1) is 0 Å². The Labute approximate surface area is 454 Å². The molecule has 0 aliphatic heterocycles. The highest BCUT2D eigenvalue weighted by Crippen LogP contribution is 2.59. The van der Waals surface area contributed by atoms with E-state index in [1.165, 1.54) is 115 Å². The van der Waals surface area contributed by atoms with E-state index in [9.17, 15) is 0 Å². The van der Waals surface area contributed by atoms with Crippen molar-refractivity contribution in [1.29, 1.82) is 0 Å². The van der Waals surface area contributed by atoms with Crippen molar-refractivity contribution in [3.05, 3.63) is 312 Å². The van der Waals surface area contributed by atoms with Gasteiger partial charge >= 0.3 is 0 Å². The van der Waals surface area contributed by atoms with Gasteiger partial charge in [0.05, 0.1) is 27.8 Å². The Hall–Kier alpha value is -9.76. The second-order valence-electron chi connectivity index (χ2n) is 21.9.